The fraction of sp³-hybridized carbons (Fsp3) is 0.500. The van der Waals surface area contributed by atoms with Gasteiger partial charge < -0.3 is 5.32 Å². The van der Waals surface area contributed by atoms with E-state index < -0.39 is 10.0 Å². The predicted octanol–water partition coefficient (Wildman–Crippen LogP) is 1.36. The highest BCUT2D eigenvalue weighted by atomic mass is 32.2. The molecule has 1 aromatic rings. The Labute approximate surface area is 130 Å². The third kappa shape index (κ3) is 8.75. The van der Waals surface area contributed by atoms with Gasteiger partial charge >= 0.3 is 0 Å². The zero-order valence-electron chi connectivity index (χ0n) is 12.3. The molecule has 1 aromatic carbocycles. The molecule has 5 nitrogen and oxygen atoms in total. The lowest BCUT2D eigenvalue weighted by Gasteiger charge is -2.12. The smallest absolute Gasteiger partial charge is 0.232 e. The number of benzene rings is 1. The average Bonchev–Trinajstić information content (AvgIpc) is 2.44. The lowest BCUT2D eigenvalue weighted by atomic mass is 10.2. The Kier molecular flexibility index (Phi) is 7.77. The number of hydrogen-bond donors (Lipinski definition) is 2. The second kappa shape index (κ2) is 9.07. The first-order chi connectivity index (χ1) is 9.88. The van der Waals surface area contributed by atoms with Crippen molar-refractivity contribution in [2.75, 3.05) is 19.3 Å². The highest BCUT2D eigenvalue weighted by Gasteiger charge is 2.12. The van der Waals surface area contributed by atoms with Crippen molar-refractivity contribution in [1.29, 1.82) is 0 Å². The maximum atomic E-state index is 11.9. The van der Waals surface area contributed by atoms with Gasteiger partial charge in [-0.05, 0) is 18.9 Å². The average molecular weight is 330 g/mol. The molecule has 1 amide bonds. The third-order valence-electron chi connectivity index (χ3n) is 2.73. The number of carbonyl (C=O) groups is 1. The molecule has 0 spiro atoms. The van der Waals surface area contributed by atoms with Crippen LogP contribution in [-0.2, 0) is 20.6 Å². The normalized spacial score (nSPS) is 12.9. The predicted molar refractivity (Wildman–Crippen MR) is 87.7 cm³/mol. The fourth-order valence-electron chi connectivity index (χ4n) is 1.57. The molecular formula is C14H22N2O3S2. The molecule has 0 aliphatic rings. The maximum Gasteiger partial charge on any atom is 0.232 e. The topological polar surface area (TPSA) is 75.3 Å². The molecule has 21 heavy (non-hydrogen) atoms. The Hall–Kier alpha value is -1.05. The molecule has 118 valence electrons. The summed E-state index contributed by atoms with van der Waals surface area (Å²) in [5.41, 5.74) is 1.19. The van der Waals surface area contributed by atoms with Crippen LogP contribution in [0.1, 0.15) is 18.9 Å². The van der Waals surface area contributed by atoms with Gasteiger partial charge in [0.25, 0.3) is 0 Å². The van der Waals surface area contributed by atoms with E-state index in [4.69, 9.17) is 0 Å². The summed E-state index contributed by atoms with van der Waals surface area (Å²) in [6.45, 7) is 2.68. The molecule has 1 rings (SSSR count). The van der Waals surface area contributed by atoms with Crippen LogP contribution in [-0.4, -0.2) is 38.9 Å². The number of rotatable bonds is 9. The zero-order chi connectivity index (χ0) is 15.7. The number of amides is 1. The molecule has 2 N–H and O–H groups in total. The minimum atomic E-state index is -3.15. The van der Waals surface area contributed by atoms with Crippen LogP contribution in [0.5, 0.6) is 0 Å². The second-order valence-corrected chi connectivity index (χ2v) is 7.91. The molecule has 0 aliphatic heterocycles. The first-order valence-electron chi connectivity index (χ1n) is 6.76. The van der Waals surface area contributed by atoms with Crippen molar-refractivity contribution >= 4 is 27.7 Å². The van der Waals surface area contributed by atoms with E-state index in [0.29, 0.717) is 19.5 Å². The van der Waals surface area contributed by atoms with Gasteiger partial charge in [-0.1, -0.05) is 30.3 Å². The molecule has 0 saturated carbocycles. The molecule has 0 bridgehead atoms. The van der Waals surface area contributed by atoms with E-state index >= 15 is 0 Å². The monoisotopic (exact) mass is 330 g/mol. The second-order valence-electron chi connectivity index (χ2n) is 4.75. The molecule has 0 aromatic heterocycles. The minimum Gasteiger partial charge on any atom is -0.355 e. The number of sulfonamides is 1. The highest BCUT2D eigenvalue weighted by molar-refractivity contribution is 7.99. The van der Waals surface area contributed by atoms with Gasteiger partial charge in [-0.3, -0.25) is 4.79 Å². The molecule has 0 heterocycles. The summed E-state index contributed by atoms with van der Waals surface area (Å²) in [4.78, 5) is 11.9. The van der Waals surface area contributed by atoms with E-state index in [2.05, 4.69) is 10.0 Å². The van der Waals surface area contributed by atoms with Crippen molar-refractivity contribution in [3.8, 4) is 0 Å². The Balaban J connectivity index is 2.16. The molecule has 0 radical (unpaired) electrons. The largest absolute Gasteiger partial charge is 0.355 e. The SMILES string of the molecule is C[C@@H](SCc1ccccc1)C(=O)NCCCNS(C)(=O)=O. The van der Waals surface area contributed by atoms with Crippen molar-refractivity contribution in [2.45, 2.75) is 24.3 Å². The molecule has 0 saturated heterocycles. The lowest BCUT2D eigenvalue weighted by molar-refractivity contribution is -0.120. The van der Waals surface area contributed by atoms with Crippen molar-refractivity contribution in [3.05, 3.63) is 35.9 Å². The van der Waals surface area contributed by atoms with Gasteiger partial charge in [0.2, 0.25) is 15.9 Å². The summed E-state index contributed by atoms with van der Waals surface area (Å²) in [5.74, 6) is 0.778. The highest BCUT2D eigenvalue weighted by Crippen LogP contribution is 2.17. The Morgan fingerprint density at radius 1 is 1.24 bits per heavy atom. The summed E-state index contributed by atoms with van der Waals surface area (Å²) >= 11 is 1.58. The maximum absolute atomic E-state index is 11.9. The summed E-state index contributed by atoms with van der Waals surface area (Å²) in [5, 5.41) is 2.68. The van der Waals surface area contributed by atoms with Crippen molar-refractivity contribution in [1.82, 2.24) is 10.0 Å². The van der Waals surface area contributed by atoms with E-state index in [1.54, 1.807) is 11.8 Å². The zero-order valence-corrected chi connectivity index (χ0v) is 14.0. The van der Waals surface area contributed by atoms with Gasteiger partial charge in [-0.2, -0.15) is 0 Å². The first-order valence-corrected chi connectivity index (χ1v) is 9.70. The Morgan fingerprint density at radius 2 is 1.90 bits per heavy atom. The van der Waals surface area contributed by atoms with Gasteiger partial charge in [-0.15, -0.1) is 11.8 Å². The van der Waals surface area contributed by atoms with Crippen LogP contribution in [0, 0.1) is 0 Å². The van der Waals surface area contributed by atoms with Crippen LogP contribution in [0.15, 0.2) is 30.3 Å². The van der Waals surface area contributed by atoms with Gasteiger partial charge in [-0.25, -0.2) is 13.1 Å². The number of thioether (sulfide) groups is 1. The van der Waals surface area contributed by atoms with Gasteiger partial charge in [0.05, 0.1) is 11.5 Å². The van der Waals surface area contributed by atoms with Crippen molar-refractivity contribution in [2.24, 2.45) is 0 Å². The van der Waals surface area contributed by atoms with E-state index in [-0.39, 0.29) is 11.2 Å². The van der Waals surface area contributed by atoms with E-state index in [1.165, 1.54) is 5.56 Å². The number of carbonyl (C=O) groups excluding carboxylic acids is 1. The Morgan fingerprint density at radius 3 is 2.52 bits per heavy atom. The molecule has 1 atom stereocenters. The lowest BCUT2D eigenvalue weighted by Crippen LogP contribution is -2.33. The van der Waals surface area contributed by atoms with Crippen LogP contribution in [0.25, 0.3) is 0 Å². The first kappa shape index (κ1) is 18.0. The Bertz CT molecular complexity index is 532. The summed E-state index contributed by atoms with van der Waals surface area (Å²) in [6.07, 6.45) is 1.70. The van der Waals surface area contributed by atoms with E-state index in [9.17, 15) is 13.2 Å². The van der Waals surface area contributed by atoms with Crippen LogP contribution < -0.4 is 10.0 Å². The van der Waals surface area contributed by atoms with Gasteiger partial charge in [0.15, 0.2) is 0 Å². The van der Waals surface area contributed by atoms with E-state index in [1.807, 2.05) is 37.3 Å². The molecule has 0 aliphatic carbocycles. The third-order valence-corrected chi connectivity index (χ3v) is 4.67. The van der Waals surface area contributed by atoms with Crippen molar-refractivity contribution < 1.29 is 13.2 Å². The van der Waals surface area contributed by atoms with Crippen LogP contribution in [0.3, 0.4) is 0 Å². The molecular weight excluding hydrogens is 308 g/mol. The van der Waals surface area contributed by atoms with Gasteiger partial charge in [0, 0.05) is 18.8 Å². The molecule has 0 fully saturated rings. The summed E-state index contributed by atoms with van der Waals surface area (Å²) < 4.78 is 24.1. The van der Waals surface area contributed by atoms with Crippen molar-refractivity contribution in [3.63, 3.8) is 0 Å². The molecule has 7 heteroatoms. The van der Waals surface area contributed by atoms with Crippen LogP contribution in [0.2, 0.25) is 0 Å². The van der Waals surface area contributed by atoms with Crippen LogP contribution >= 0.6 is 11.8 Å². The minimum absolute atomic E-state index is 0.0183. The number of nitrogens with one attached hydrogen (secondary N) is 2. The quantitative estimate of drug-likeness (QED) is 0.671. The number of hydrogen-bond acceptors (Lipinski definition) is 4. The van der Waals surface area contributed by atoms with Crippen LogP contribution in [0.4, 0.5) is 0 Å². The van der Waals surface area contributed by atoms with E-state index in [0.717, 1.165) is 12.0 Å². The fourth-order valence-corrected chi connectivity index (χ4v) is 2.96. The molecule has 0 unspecified atom stereocenters. The van der Waals surface area contributed by atoms with Gasteiger partial charge in [0.1, 0.15) is 0 Å². The summed E-state index contributed by atoms with van der Waals surface area (Å²) in [6, 6.07) is 10.0. The summed E-state index contributed by atoms with van der Waals surface area (Å²) in [7, 11) is -3.15. The standard InChI is InChI=1S/C14H22N2O3S2/c1-12(20-11-13-7-4-3-5-8-13)14(17)15-9-6-10-16-21(2,18)19/h3-5,7-8,12,16H,6,9-11H2,1-2H3,(H,15,17)/t12-/m1/s1.